The molecule has 1 aliphatic heterocycles. The second-order valence-corrected chi connectivity index (χ2v) is 6.79. The van der Waals surface area contributed by atoms with E-state index in [4.69, 9.17) is 0 Å². The Kier molecular flexibility index (Phi) is 5.14. The van der Waals surface area contributed by atoms with Gasteiger partial charge in [-0.05, 0) is 61.4 Å². The Morgan fingerprint density at radius 1 is 0.852 bits per heavy atom. The molecular formula is C21H23N5O. The third kappa shape index (κ3) is 4.16. The van der Waals surface area contributed by atoms with Crippen LogP contribution >= 0.6 is 0 Å². The van der Waals surface area contributed by atoms with E-state index in [1.54, 1.807) is 23.1 Å². The number of nitrogens with zero attached hydrogens (tertiary/aromatic N) is 4. The summed E-state index contributed by atoms with van der Waals surface area (Å²) in [6.07, 6.45) is 8.25. The maximum absolute atomic E-state index is 12.5. The maximum atomic E-state index is 12.5. The molecule has 138 valence electrons. The van der Waals surface area contributed by atoms with Gasteiger partial charge in [0.15, 0.2) is 0 Å². The van der Waals surface area contributed by atoms with E-state index >= 15 is 0 Å². The van der Waals surface area contributed by atoms with Crippen LogP contribution in [0.4, 0.5) is 11.4 Å². The molecule has 27 heavy (non-hydrogen) atoms. The molecule has 0 aliphatic carbocycles. The summed E-state index contributed by atoms with van der Waals surface area (Å²) in [5, 5.41) is 7.05. The molecule has 6 nitrogen and oxygen atoms in total. The molecule has 0 saturated carbocycles. The minimum Gasteiger partial charge on any atom is -0.372 e. The zero-order chi connectivity index (χ0) is 18.5. The first-order valence-electron chi connectivity index (χ1n) is 9.41. The number of amides is 1. The second-order valence-electron chi connectivity index (χ2n) is 6.79. The molecule has 1 aromatic heterocycles. The molecule has 6 heteroatoms. The number of nitrogens with one attached hydrogen (secondary N) is 1. The lowest BCUT2D eigenvalue weighted by atomic mass is 10.2. The van der Waals surface area contributed by atoms with Crippen molar-refractivity contribution in [1.82, 2.24) is 14.8 Å². The van der Waals surface area contributed by atoms with Crippen molar-refractivity contribution in [2.24, 2.45) is 0 Å². The van der Waals surface area contributed by atoms with E-state index in [9.17, 15) is 4.79 Å². The van der Waals surface area contributed by atoms with E-state index in [-0.39, 0.29) is 5.91 Å². The number of rotatable bonds is 4. The quantitative estimate of drug-likeness (QED) is 0.765. The van der Waals surface area contributed by atoms with E-state index in [0.717, 1.165) is 24.5 Å². The normalized spacial score (nSPS) is 14.6. The fraction of sp³-hybridized carbons (Fsp3) is 0.286. The van der Waals surface area contributed by atoms with Crippen molar-refractivity contribution < 1.29 is 4.79 Å². The number of anilines is 2. The Morgan fingerprint density at radius 2 is 1.52 bits per heavy atom. The topological polar surface area (TPSA) is 63.1 Å². The molecule has 0 atom stereocenters. The van der Waals surface area contributed by atoms with Crippen molar-refractivity contribution in [3.8, 4) is 5.69 Å². The Labute approximate surface area is 158 Å². The lowest BCUT2D eigenvalue weighted by molar-refractivity contribution is 0.102. The molecule has 1 aliphatic rings. The van der Waals surface area contributed by atoms with Crippen LogP contribution in [0.5, 0.6) is 0 Å². The molecule has 2 heterocycles. The van der Waals surface area contributed by atoms with Crippen LogP contribution < -0.4 is 10.2 Å². The van der Waals surface area contributed by atoms with Gasteiger partial charge in [0.25, 0.3) is 5.91 Å². The highest BCUT2D eigenvalue weighted by Gasteiger charge is 2.11. The molecule has 4 rings (SSSR count). The van der Waals surface area contributed by atoms with Crippen LogP contribution in [0.15, 0.2) is 61.2 Å². The first-order valence-corrected chi connectivity index (χ1v) is 9.41. The van der Waals surface area contributed by atoms with E-state index in [1.165, 1.54) is 37.7 Å². The van der Waals surface area contributed by atoms with E-state index < -0.39 is 0 Å². The lowest BCUT2D eigenvalue weighted by Crippen LogP contribution is -2.23. The highest BCUT2D eigenvalue weighted by Crippen LogP contribution is 2.22. The summed E-state index contributed by atoms with van der Waals surface area (Å²) in [7, 11) is 0. The molecule has 1 N–H and O–H groups in total. The predicted octanol–water partition coefficient (Wildman–Crippen LogP) is 3.90. The molecule has 1 amide bonds. The van der Waals surface area contributed by atoms with Crippen molar-refractivity contribution in [1.29, 1.82) is 0 Å². The third-order valence-electron chi connectivity index (χ3n) is 4.91. The number of carbonyl (C=O) groups excluding carboxylic acids is 1. The number of hydrogen-bond donors (Lipinski definition) is 1. The number of hydrogen-bond acceptors (Lipinski definition) is 4. The summed E-state index contributed by atoms with van der Waals surface area (Å²) in [6.45, 7) is 2.23. The van der Waals surface area contributed by atoms with Crippen LogP contribution in [0, 0.1) is 0 Å². The molecule has 1 fully saturated rings. The minimum absolute atomic E-state index is 0.123. The van der Waals surface area contributed by atoms with Crippen LogP contribution in [0.3, 0.4) is 0 Å². The van der Waals surface area contributed by atoms with Crippen molar-refractivity contribution in [3.05, 3.63) is 66.7 Å². The average Bonchev–Trinajstić information content (AvgIpc) is 3.11. The fourth-order valence-corrected chi connectivity index (χ4v) is 3.39. The van der Waals surface area contributed by atoms with Gasteiger partial charge in [-0.2, -0.15) is 5.10 Å². The van der Waals surface area contributed by atoms with Gasteiger partial charge in [0, 0.05) is 30.0 Å². The van der Waals surface area contributed by atoms with Gasteiger partial charge >= 0.3 is 0 Å². The smallest absolute Gasteiger partial charge is 0.255 e. The highest BCUT2D eigenvalue weighted by atomic mass is 16.1. The molecule has 3 aromatic rings. The lowest BCUT2D eigenvalue weighted by Gasteiger charge is -2.22. The Bertz CT molecular complexity index is 864. The summed E-state index contributed by atoms with van der Waals surface area (Å²) in [4.78, 5) is 18.8. The zero-order valence-electron chi connectivity index (χ0n) is 15.2. The van der Waals surface area contributed by atoms with Crippen molar-refractivity contribution in [3.63, 3.8) is 0 Å². The van der Waals surface area contributed by atoms with Crippen LogP contribution in [0.25, 0.3) is 5.69 Å². The molecule has 0 radical (unpaired) electrons. The number of benzene rings is 2. The molecule has 0 bridgehead atoms. The van der Waals surface area contributed by atoms with Gasteiger partial charge in [-0.25, -0.2) is 9.67 Å². The highest BCUT2D eigenvalue weighted by molar-refractivity contribution is 6.04. The van der Waals surface area contributed by atoms with Crippen LogP contribution in [0.2, 0.25) is 0 Å². The van der Waals surface area contributed by atoms with Crippen molar-refractivity contribution in [2.75, 3.05) is 23.3 Å². The zero-order valence-corrected chi connectivity index (χ0v) is 15.2. The Balaban J connectivity index is 1.40. The second kappa shape index (κ2) is 8.03. The van der Waals surface area contributed by atoms with Crippen molar-refractivity contribution in [2.45, 2.75) is 25.7 Å². The monoisotopic (exact) mass is 361 g/mol. The van der Waals surface area contributed by atoms with Gasteiger partial charge in [-0.3, -0.25) is 4.79 Å². The average molecular weight is 361 g/mol. The van der Waals surface area contributed by atoms with Crippen molar-refractivity contribution >= 4 is 17.3 Å². The molecule has 2 aromatic carbocycles. The number of aromatic nitrogens is 3. The van der Waals surface area contributed by atoms with Gasteiger partial charge in [0.1, 0.15) is 12.7 Å². The standard InChI is InChI=1S/C21H23N5O/c27-21(17-5-9-20(10-6-17)26-16-22-15-23-26)24-18-7-11-19(12-8-18)25-13-3-1-2-4-14-25/h5-12,15-16H,1-4,13-14H2,(H,24,27). The Hall–Kier alpha value is -3.15. The minimum atomic E-state index is -0.123. The van der Waals surface area contributed by atoms with Gasteiger partial charge in [-0.15, -0.1) is 0 Å². The Morgan fingerprint density at radius 3 is 2.15 bits per heavy atom. The largest absolute Gasteiger partial charge is 0.372 e. The van der Waals surface area contributed by atoms with Crippen LogP contribution in [0.1, 0.15) is 36.0 Å². The molecule has 0 unspecified atom stereocenters. The first kappa shape index (κ1) is 17.3. The summed E-state index contributed by atoms with van der Waals surface area (Å²) < 4.78 is 1.66. The molecule has 1 saturated heterocycles. The van der Waals surface area contributed by atoms with E-state index in [0.29, 0.717) is 5.56 Å². The third-order valence-corrected chi connectivity index (χ3v) is 4.91. The predicted molar refractivity (Wildman–Crippen MR) is 106 cm³/mol. The van der Waals surface area contributed by atoms with Gasteiger partial charge in [0.05, 0.1) is 5.69 Å². The van der Waals surface area contributed by atoms with Crippen LogP contribution in [-0.2, 0) is 0 Å². The SMILES string of the molecule is O=C(Nc1ccc(N2CCCCCC2)cc1)c1ccc(-n2cncn2)cc1. The maximum Gasteiger partial charge on any atom is 0.255 e. The number of carbonyl (C=O) groups is 1. The van der Waals surface area contributed by atoms with E-state index in [2.05, 4.69) is 32.4 Å². The van der Waals surface area contributed by atoms with Crippen LogP contribution in [-0.4, -0.2) is 33.8 Å². The summed E-state index contributed by atoms with van der Waals surface area (Å²) in [5.74, 6) is -0.123. The molecule has 0 spiro atoms. The molecular weight excluding hydrogens is 338 g/mol. The fourth-order valence-electron chi connectivity index (χ4n) is 3.39. The summed E-state index contributed by atoms with van der Waals surface area (Å²) in [5.41, 5.74) is 3.51. The summed E-state index contributed by atoms with van der Waals surface area (Å²) in [6, 6.07) is 15.4. The van der Waals surface area contributed by atoms with E-state index in [1.807, 2.05) is 24.3 Å². The van der Waals surface area contributed by atoms with Gasteiger partial charge in [-0.1, -0.05) is 12.8 Å². The first-order chi connectivity index (χ1) is 13.3. The summed E-state index contributed by atoms with van der Waals surface area (Å²) >= 11 is 0. The van der Waals surface area contributed by atoms with Gasteiger partial charge in [0.2, 0.25) is 0 Å². The van der Waals surface area contributed by atoms with Gasteiger partial charge < -0.3 is 10.2 Å².